The minimum atomic E-state index is -0.0890. The van der Waals surface area contributed by atoms with Crippen LogP contribution in [0.4, 0.5) is 0 Å². The predicted octanol–water partition coefficient (Wildman–Crippen LogP) is 1.82. The normalized spacial score (nSPS) is 14.3. The Labute approximate surface area is 134 Å². The average molecular weight is 312 g/mol. The molecule has 2 amide bonds. The van der Waals surface area contributed by atoms with Crippen molar-refractivity contribution in [2.24, 2.45) is 0 Å². The third-order valence-electron chi connectivity index (χ3n) is 4.02. The lowest BCUT2D eigenvalue weighted by Crippen LogP contribution is -2.30. The zero-order chi connectivity index (χ0) is 16.1. The molecule has 0 atom stereocenters. The van der Waals surface area contributed by atoms with Crippen LogP contribution in [0.2, 0.25) is 0 Å². The van der Waals surface area contributed by atoms with Crippen molar-refractivity contribution in [2.45, 2.75) is 19.3 Å². The van der Waals surface area contributed by atoms with Crippen LogP contribution in [0.15, 0.2) is 36.5 Å². The Bertz CT molecular complexity index is 664. The molecule has 0 unspecified atom stereocenters. The van der Waals surface area contributed by atoms with Gasteiger partial charge in [0.05, 0.1) is 5.69 Å². The monoisotopic (exact) mass is 312 g/mol. The minimum Gasteiger partial charge on any atom is -0.352 e. The third kappa shape index (κ3) is 3.77. The van der Waals surface area contributed by atoms with Crippen molar-refractivity contribution in [1.29, 1.82) is 0 Å². The largest absolute Gasteiger partial charge is 0.352 e. The fourth-order valence-electron chi connectivity index (χ4n) is 2.73. The van der Waals surface area contributed by atoms with Gasteiger partial charge in [0.2, 0.25) is 5.91 Å². The number of aromatic amines is 1. The molecule has 2 aromatic rings. The van der Waals surface area contributed by atoms with Gasteiger partial charge in [0, 0.05) is 37.8 Å². The van der Waals surface area contributed by atoms with E-state index in [2.05, 4.69) is 15.5 Å². The van der Waals surface area contributed by atoms with E-state index < -0.39 is 0 Å². The number of amides is 2. The Morgan fingerprint density at radius 1 is 1.26 bits per heavy atom. The summed E-state index contributed by atoms with van der Waals surface area (Å²) in [6, 6.07) is 9.27. The van der Waals surface area contributed by atoms with Gasteiger partial charge in [-0.2, -0.15) is 5.10 Å². The summed E-state index contributed by atoms with van der Waals surface area (Å²) in [6.07, 6.45) is 4.09. The fraction of sp³-hybridized carbons (Fsp3) is 0.353. The number of rotatable bonds is 6. The highest BCUT2D eigenvalue weighted by Crippen LogP contribution is 2.16. The van der Waals surface area contributed by atoms with Crippen molar-refractivity contribution in [3.05, 3.63) is 42.1 Å². The second kappa shape index (κ2) is 7.09. The highest BCUT2D eigenvalue weighted by atomic mass is 16.2. The summed E-state index contributed by atoms with van der Waals surface area (Å²) in [7, 11) is 0. The van der Waals surface area contributed by atoms with Crippen LogP contribution in [0.3, 0.4) is 0 Å². The molecular weight excluding hydrogens is 292 g/mol. The second-order valence-corrected chi connectivity index (χ2v) is 5.64. The summed E-state index contributed by atoms with van der Waals surface area (Å²) in [4.78, 5) is 25.4. The number of H-pyrrole nitrogens is 1. The Kier molecular flexibility index (Phi) is 4.71. The van der Waals surface area contributed by atoms with Crippen molar-refractivity contribution >= 4 is 11.8 Å². The van der Waals surface area contributed by atoms with Crippen LogP contribution < -0.4 is 5.32 Å². The van der Waals surface area contributed by atoms with Crippen LogP contribution in [-0.2, 0) is 4.79 Å². The summed E-state index contributed by atoms with van der Waals surface area (Å²) >= 11 is 0. The predicted molar refractivity (Wildman–Crippen MR) is 86.8 cm³/mol. The fourth-order valence-corrected chi connectivity index (χ4v) is 2.73. The van der Waals surface area contributed by atoms with Crippen LogP contribution in [0.25, 0.3) is 11.3 Å². The highest BCUT2D eigenvalue weighted by molar-refractivity contribution is 5.94. The van der Waals surface area contributed by atoms with E-state index in [4.69, 9.17) is 0 Å². The Hall–Kier alpha value is -2.63. The van der Waals surface area contributed by atoms with Gasteiger partial charge >= 0.3 is 0 Å². The van der Waals surface area contributed by atoms with Gasteiger partial charge in [-0.15, -0.1) is 0 Å². The molecule has 1 aliphatic heterocycles. The number of likely N-dealkylation sites (tertiary alicyclic amines) is 1. The first-order valence-electron chi connectivity index (χ1n) is 7.90. The van der Waals surface area contributed by atoms with Gasteiger partial charge in [0.25, 0.3) is 5.91 Å². The van der Waals surface area contributed by atoms with Crippen molar-refractivity contribution in [1.82, 2.24) is 20.4 Å². The molecule has 1 aromatic heterocycles. The summed E-state index contributed by atoms with van der Waals surface area (Å²) in [6.45, 7) is 2.14. The second-order valence-electron chi connectivity index (χ2n) is 5.64. The maximum atomic E-state index is 12.1. The topological polar surface area (TPSA) is 78.1 Å². The third-order valence-corrected chi connectivity index (χ3v) is 4.02. The number of nitrogens with zero attached hydrogens (tertiary/aromatic N) is 2. The lowest BCUT2D eigenvalue weighted by atomic mass is 10.1. The summed E-state index contributed by atoms with van der Waals surface area (Å²) in [5, 5.41) is 9.70. The number of hydrogen-bond donors (Lipinski definition) is 2. The molecule has 1 aliphatic rings. The van der Waals surface area contributed by atoms with Crippen molar-refractivity contribution in [2.75, 3.05) is 19.6 Å². The van der Waals surface area contributed by atoms with Gasteiger partial charge in [-0.3, -0.25) is 14.7 Å². The highest BCUT2D eigenvalue weighted by Gasteiger charge is 2.19. The first-order chi connectivity index (χ1) is 11.2. The maximum Gasteiger partial charge on any atom is 0.251 e. The van der Waals surface area contributed by atoms with Crippen molar-refractivity contribution in [3.63, 3.8) is 0 Å². The van der Waals surface area contributed by atoms with E-state index in [1.165, 1.54) is 0 Å². The van der Waals surface area contributed by atoms with E-state index in [0.717, 1.165) is 37.2 Å². The molecule has 0 radical (unpaired) electrons. The molecule has 1 fully saturated rings. The molecule has 0 spiro atoms. The zero-order valence-electron chi connectivity index (χ0n) is 12.9. The molecule has 120 valence electrons. The van der Waals surface area contributed by atoms with Crippen molar-refractivity contribution < 1.29 is 9.59 Å². The first-order valence-corrected chi connectivity index (χ1v) is 7.90. The van der Waals surface area contributed by atoms with E-state index in [9.17, 15) is 9.59 Å². The molecule has 0 bridgehead atoms. The lowest BCUT2D eigenvalue weighted by molar-refractivity contribution is -0.127. The lowest BCUT2D eigenvalue weighted by Gasteiger charge is -2.15. The molecule has 0 aliphatic carbocycles. The number of benzene rings is 1. The van der Waals surface area contributed by atoms with Crippen LogP contribution in [0.5, 0.6) is 0 Å². The smallest absolute Gasteiger partial charge is 0.251 e. The summed E-state index contributed by atoms with van der Waals surface area (Å²) in [5.41, 5.74) is 2.55. The maximum absolute atomic E-state index is 12.1. The van der Waals surface area contributed by atoms with E-state index in [-0.39, 0.29) is 11.8 Å². The Morgan fingerprint density at radius 3 is 2.74 bits per heavy atom. The Balaban J connectivity index is 1.45. The van der Waals surface area contributed by atoms with Crippen LogP contribution in [0, 0.1) is 0 Å². The van der Waals surface area contributed by atoms with Gasteiger partial charge < -0.3 is 10.2 Å². The summed E-state index contributed by atoms with van der Waals surface area (Å²) < 4.78 is 0. The number of carbonyl (C=O) groups is 2. The SMILES string of the molecule is O=C(NCCCN1CCCC1=O)c1ccc(-c2ccn[nH]2)cc1. The minimum absolute atomic E-state index is 0.0890. The quantitative estimate of drug-likeness (QED) is 0.799. The molecule has 6 heteroatoms. The molecule has 0 saturated carbocycles. The molecule has 1 saturated heterocycles. The molecule has 2 N–H and O–H groups in total. The Morgan fingerprint density at radius 2 is 2.09 bits per heavy atom. The van der Waals surface area contributed by atoms with Gasteiger partial charge in [-0.25, -0.2) is 0 Å². The number of nitrogens with one attached hydrogen (secondary N) is 2. The summed E-state index contributed by atoms with van der Waals surface area (Å²) in [5.74, 6) is 0.139. The number of carbonyl (C=O) groups excluding carboxylic acids is 2. The van der Waals surface area contributed by atoms with E-state index in [0.29, 0.717) is 18.5 Å². The zero-order valence-corrected chi connectivity index (χ0v) is 12.9. The van der Waals surface area contributed by atoms with Crippen LogP contribution >= 0.6 is 0 Å². The van der Waals surface area contributed by atoms with Gasteiger partial charge in [0.1, 0.15) is 0 Å². The molecule has 3 rings (SSSR count). The van der Waals surface area contributed by atoms with E-state index in [1.54, 1.807) is 18.3 Å². The molecule has 23 heavy (non-hydrogen) atoms. The average Bonchev–Trinajstić information content (AvgIpc) is 3.23. The first kappa shape index (κ1) is 15.3. The standard InChI is InChI=1S/C17H20N4O2/c22-16-3-1-11-21(16)12-2-9-18-17(23)14-6-4-13(5-7-14)15-8-10-19-20-15/h4-8,10H,1-3,9,11-12H2,(H,18,23)(H,19,20). The van der Waals surface area contributed by atoms with Gasteiger partial charge in [-0.05, 0) is 36.6 Å². The van der Waals surface area contributed by atoms with E-state index in [1.807, 2.05) is 23.1 Å². The van der Waals surface area contributed by atoms with Crippen LogP contribution in [0.1, 0.15) is 29.6 Å². The number of hydrogen-bond acceptors (Lipinski definition) is 3. The van der Waals surface area contributed by atoms with Crippen molar-refractivity contribution in [3.8, 4) is 11.3 Å². The molecule has 6 nitrogen and oxygen atoms in total. The van der Waals surface area contributed by atoms with Gasteiger partial charge in [0.15, 0.2) is 0 Å². The molecule has 1 aromatic carbocycles. The number of aromatic nitrogens is 2. The van der Waals surface area contributed by atoms with Gasteiger partial charge in [-0.1, -0.05) is 12.1 Å². The van der Waals surface area contributed by atoms with E-state index >= 15 is 0 Å². The van der Waals surface area contributed by atoms with Crippen LogP contribution in [-0.4, -0.2) is 46.5 Å². The molecule has 2 heterocycles. The molecular formula is C17H20N4O2.